The van der Waals surface area contributed by atoms with Gasteiger partial charge < -0.3 is 29.5 Å². The van der Waals surface area contributed by atoms with Crippen molar-refractivity contribution in [3.63, 3.8) is 0 Å². The summed E-state index contributed by atoms with van der Waals surface area (Å²) in [4.78, 5) is 16.8. The minimum absolute atomic E-state index is 0.106. The Morgan fingerprint density at radius 1 is 1.23 bits per heavy atom. The summed E-state index contributed by atoms with van der Waals surface area (Å²) in [6.07, 6.45) is 2.10. The molecule has 1 amide bonds. The highest BCUT2D eigenvalue weighted by Crippen LogP contribution is 2.42. The molecule has 2 N–H and O–H groups in total. The number of hydrogen-bond acceptors (Lipinski definition) is 6. The molecule has 8 heteroatoms. The van der Waals surface area contributed by atoms with Gasteiger partial charge in [0, 0.05) is 57.0 Å². The number of carbonyl (C=O) groups is 1. The molecule has 0 radical (unpaired) electrons. The number of piperidine rings is 1. The van der Waals surface area contributed by atoms with Crippen LogP contribution in [0.2, 0.25) is 5.02 Å². The highest BCUT2D eigenvalue weighted by molar-refractivity contribution is 6.30. The minimum atomic E-state index is -0.679. The quantitative estimate of drug-likeness (QED) is 0.634. The number of aliphatic hydroxyl groups is 2. The average molecular weight is 501 g/mol. The van der Waals surface area contributed by atoms with Crippen LogP contribution in [0.15, 0.2) is 36.4 Å². The number of aryl methyl sites for hydroxylation is 1. The van der Waals surface area contributed by atoms with Crippen LogP contribution in [0.3, 0.4) is 0 Å². The summed E-state index contributed by atoms with van der Waals surface area (Å²) in [5.41, 5.74) is 2.44. The Bertz CT molecular complexity index is 1090. The van der Waals surface area contributed by atoms with Gasteiger partial charge in [0.15, 0.2) is 0 Å². The van der Waals surface area contributed by atoms with Crippen LogP contribution in [0.5, 0.6) is 11.5 Å². The van der Waals surface area contributed by atoms with Crippen molar-refractivity contribution in [1.82, 2.24) is 9.80 Å². The van der Waals surface area contributed by atoms with E-state index in [4.69, 9.17) is 21.1 Å². The van der Waals surface area contributed by atoms with Gasteiger partial charge in [0.25, 0.3) is 5.91 Å². The van der Waals surface area contributed by atoms with Crippen molar-refractivity contribution in [2.45, 2.75) is 50.4 Å². The van der Waals surface area contributed by atoms with Crippen molar-refractivity contribution in [3.8, 4) is 11.5 Å². The highest BCUT2D eigenvalue weighted by Gasteiger charge is 2.42. The summed E-state index contributed by atoms with van der Waals surface area (Å²) < 4.78 is 12.3. The number of amides is 1. The zero-order valence-electron chi connectivity index (χ0n) is 20.1. The SMILES string of the molecule is Cc1ccc(C(=O)N2CC[C@H](O)C2)c(OC[C@@H](O)CN2CCC3(CC2)Cc2cc(Cl)ccc2O3)c1. The van der Waals surface area contributed by atoms with E-state index in [0.717, 1.165) is 48.7 Å². The molecule has 2 atom stereocenters. The zero-order valence-corrected chi connectivity index (χ0v) is 20.8. The normalized spacial score (nSPS) is 22.2. The van der Waals surface area contributed by atoms with E-state index in [-0.39, 0.29) is 18.1 Å². The number of likely N-dealkylation sites (tertiary alicyclic amines) is 2. The third-order valence-electron chi connectivity index (χ3n) is 7.35. The number of carbonyl (C=O) groups excluding carboxylic acids is 1. The van der Waals surface area contributed by atoms with Crippen LogP contribution in [0.25, 0.3) is 0 Å². The van der Waals surface area contributed by atoms with Gasteiger partial charge in [-0.15, -0.1) is 0 Å². The standard InChI is InChI=1S/C27H33ClN2O5/c1-18-2-4-23(26(33)30-9-6-21(31)16-30)25(12-18)34-17-22(32)15-29-10-7-27(8-11-29)14-19-13-20(28)3-5-24(19)35-27/h2-5,12-13,21-22,31-32H,6-11,14-17H2,1H3/t21-,22-/m0/s1. The molecule has 0 aromatic heterocycles. The summed E-state index contributed by atoms with van der Waals surface area (Å²) in [5, 5.41) is 21.2. The van der Waals surface area contributed by atoms with E-state index in [1.807, 2.05) is 37.3 Å². The van der Waals surface area contributed by atoms with E-state index >= 15 is 0 Å². The first-order valence-electron chi connectivity index (χ1n) is 12.4. The van der Waals surface area contributed by atoms with Gasteiger partial charge in [-0.2, -0.15) is 0 Å². The molecule has 35 heavy (non-hydrogen) atoms. The second-order valence-electron chi connectivity index (χ2n) is 10.2. The maximum atomic E-state index is 13.0. The number of halogens is 1. The number of β-amino-alcohol motifs (C(OH)–C–C–N with tert-alkyl or cyclic N) is 2. The number of rotatable bonds is 6. The molecular weight excluding hydrogens is 468 g/mol. The number of hydrogen-bond donors (Lipinski definition) is 2. The number of ether oxygens (including phenoxy) is 2. The molecule has 7 nitrogen and oxygen atoms in total. The van der Waals surface area contributed by atoms with E-state index in [2.05, 4.69) is 4.90 Å². The van der Waals surface area contributed by atoms with Gasteiger partial charge in [0.1, 0.15) is 29.8 Å². The van der Waals surface area contributed by atoms with Crippen LogP contribution in [0, 0.1) is 6.92 Å². The Labute approximate surface area is 211 Å². The van der Waals surface area contributed by atoms with Gasteiger partial charge in [0.05, 0.1) is 11.7 Å². The van der Waals surface area contributed by atoms with Crippen molar-refractivity contribution in [3.05, 3.63) is 58.1 Å². The van der Waals surface area contributed by atoms with Gasteiger partial charge in [-0.05, 0) is 54.8 Å². The summed E-state index contributed by atoms with van der Waals surface area (Å²) in [6.45, 7) is 5.10. The predicted octanol–water partition coefficient (Wildman–Crippen LogP) is 3.06. The van der Waals surface area contributed by atoms with Crippen LogP contribution in [0.1, 0.15) is 40.7 Å². The van der Waals surface area contributed by atoms with Gasteiger partial charge in [-0.25, -0.2) is 0 Å². The fraction of sp³-hybridized carbons (Fsp3) is 0.519. The second kappa shape index (κ2) is 9.97. The average Bonchev–Trinajstić information content (AvgIpc) is 3.42. The molecule has 3 aliphatic rings. The lowest BCUT2D eigenvalue weighted by Gasteiger charge is -2.39. The lowest BCUT2D eigenvalue weighted by Crippen LogP contribution is -2.49. The number of aliphatic hydroxyl groups excluding tert-OH is 2. The Balaban J connectivity index is 1.13. The van der Waals surface area contributed by atoms with E-state index in [0.29, 0.717) is 37.4 Å². The molecule has 0 bridgehead atoms. The molecule has 5 rings (SSSR count). The van der Waals surface area contributed by atoms with Gasteiger partial charge in [0.2, 0.25) is 0 Å². The molecule has 0 unspecified atom stereocenters. The van der Waals surface area contributed by atoms with Crippen LogP contribution in [-0.2, 0) is 6.42 Å². The predicted molar refractivity (Wildman–Crippen MR) is 133 cm³/mol. The lowest BCUT2D eigenvalue weighted by molar-refractivity contribution is -0.00202. The third kappa shape index (κ3) is 5.43. The second-order valence-corrected chi connectivity index (χ2v) is 10.6. The van der Waals surface area contributed by atoms with E-state index in [1.54, 1.807) is 11.0 Å². The summed E-state index contributed by atoms with van der Waals surface area (Å²) in [5.74, 6) is 1.26. The molecule has 2 saturated heterocycles. The van der Waals surface area contributed by atoms with Crippen molar-refractivity contribution in [1.29, 1.82) is 0 Å². The number of nitrogens with zero attached hydrogens (tertiary/aromatic N) is 2. The van der Waals surface area contributed by atoms with Gasteiger partial charge in [-0.3, -0.25) is 4.79 Å². The minimum Gasteiger partial charge on any atom is -0.490 e. The summed E-state index contributed by atoms with van der Waals surface area (Å²) >= 11 is 6.14. The molecule has 0 aliphatic carbocycles. The molecular formula is C27H33ClN2O5. The molecule has 2 aromatic rings. The first-order valence-corrected chi connectivity index (χ1v) is 12.8. The first kappa shape index (κ1) is 24.4. The molecule has 3 heterocycles. The number of benzene rings is 2. The molecule has 1 spiro atoms. The fourth-order valence-electron chi connectivity index (χ4n) is 5.38. The van der Waals surface area contributed by atoms with Crippen molar-refractivity contribution >= 4 is 17.5 Å². The smallest absolute Gasteiger partial charge is 0.257 e. The largest absolute Gasteiger partial charge is 0.490 e. The monoisotopic (exact) mass is 500 g/mol. The number of fused-ring (bicyclic) bond motifs is 1. The van der Waals surface area contributed by atoms with Gasteiger partial charge in [-0.1, -0.05) is 17.7 Å². The first-order chi connectivity index (χ1) is 16.8. The van der Waals surface area contributed by atoms with Gasteiger partial charge >= 0.3 is 0 Å². The zero-order chi connectivity index (χ0) is 24.6. The van der Waals surface area contributed by atoms with E-state index in [9.17, 15) is 15.0 Å². The Morgan fingerprint density at radius 3 is 2.77 bits per heavy atom. The molecule has 2 aromatic carbocycles. The Kier molecular flexibility index (Phi) is 6.95. The van der Waals surface area contributed by atoms with Crippen molar-refractivity contribution in [2.24, 2.45) is 0 Å². The Hall–Kier alpha value is -2.32. The summed E-state index contributed by atoms with van der Waals surface area (Å²) in [6, 6.07) is 11.3. The van der Waals surface area contributed by atoms with E-state index in [1.165, 1.54) is 5.56 Å². The van der Waals surface area contributed by atoms with E-state index < -0.39 is 12.2 Å². The molecule has 188 valence electrons. The van der Waals surface area contributed by atoms with Crippen LogP contribution < -0.4 is 9.47 Å². The van der Waals surface area contributed by atoms with Crippen molar-refractivity contribution in [2.75, 3.05) is 39.3 Å². The van der Waals surface area contributed by atoms with Crippen LogP contribution in [0.4, 0.5) is 0 Å². The maximum Gasteiger partial charge on any atom is 0.257 e. The van der Waals surface area contributed by atoms with Crippen LogP contribution in [-0.4, -0.2) is 83.1 Å². The Morgan fingerprint density at radius 2 is 2.03 bits per heavy atom. The topological polar surface area (TPSA) is 82.5 Å². The maximum absolute atomic E-state index is 13.0. The molecule has 2 fully saturated rings. The fourth-order valence-corrected chi connectivity index (χ4v) is 5.58. The summed E-state index contributed by atoms with van der Waals surface area (Å²) in [7, 11) is 0. The van der Waals surface area contributed by atoms with Crippen LogP contribution >= 0.6 is 11.6 Å². The third-order valence-corrected chi connectivity index (χ3v) is 7.58. The lowest BCUT2D eigenvalue weighted by atomic mass is 9.87. The van der Waals surface area contributed by atoms with Crippen molar-refractivity contribution < 1.29 is 24.5 Å². The molecule has 3 aliphatic heterocycles. The molecule has 0 saturated carbocycles. The highest BCUT2D eigenvalue weighted by atomic mass is 35.5.